The summed E-state index contributed by atoms with van der Waals surface area (Å²) in [5, 5.41) is 20.4. The predicted octanol–water partition coefficient (Wildman–Crippen LogP) is 9.65. The molecule has 3 N–H and O–H groups in total. The number of nitrogens with one attached hydrogen (secondary N) is 1. The number of esters is 1. The van der Waals surface area contributed by atoms with Gasteiger partial charge in [0.15, 0.2) is 0 Å². The zero-order chi connectivity index (χ0) is 30.6. The van der Waals surface area contributed by atoms with Crippen LogP contribution in [0, 0.1) is 18.8 Å². The van der Waals surface area contributed by atoms with E-state index < -0.39 is 11.6 Å². The number of hydrogen-bond donors (Lipinski definition) is 3. The van der Waals surface area contributed by atoms with Crippen molar-refractivity contribution in [2.24, 2.45) is 11.8 Å². The molecule has 1 aliphatic heterocycles. The van der Waals surface area contributed by atoms with Gasteiger partial charge in [-0.2, -0.15) is 0 Å². The summed E-state index contributed by atoms with van der Waals surface area (Å²) in [4.78, 5) is 14.7. The van der Waals surface area contributed by atoms with Crippen LogP contribution in [-0.4, -0.2) is 28.3 Å². The molecule has 0 radical (unpaired) electrons. The molecule has 8 heteroatoms. The van der Waals surface area contributed by atoms with Gasteiger partial charge in [-0.3, -0.25) is 0 Å². The van der Waals surface area contributed by atoms with E-state index in [1.54, 1.807) is 6.08 Å². The minimum atomic E-state index is -0.691. The lowest BCUT2D eigenvalue weighted by atomic mass is 9.76. The SMILES string of the molecule is C/C=C\C.CCNSOc1cc(C(C)(C)C)c(SC2=C(O)CC(CCC(C)/C=C/O)(C3CCCC3)OC2=O)cc1C. The zero-order valence-electron chi connectivity index (χ0n) is 26.2. The van der Waals surface area contributed by atoms with Crippen molar-refractivity contribution in [2.75, 3.05) is 6.54 Å². The van der Waals surface area contributed by atoms with E-state index >= 15 is 0 Å². The van der Waals surface area contributed by atoms with E-state index in [-0.39, 0.29) is 27.9 Å². The molecule has 0 aromatic heterocycles. The molecule has 2 atom stereocenters. The van der Waals surface area contributed by atoms with Crippen LogP contribution >= 0.6 is 24.0 Å². The van der Waals surface area contributed by atoms with Crippen molar-refractivity contribution < 1.29 is 23.9 Å². The fraction of sp³-hybridized carbons (Fsp3) is 0.606. The number of carbonyl (C=O) groups is 1. The Morgan fingerprint density at radius 2 is 1.88 bits per heavy atom. The van der Waals surface area contributed by atoms with Crippen molar-refractivity contribution in [3.05, 3.63) is 58.4 Å². The maximum absolute atomic E-state index is 13.5. The monoisotopic (exact) mass is 605 g/mol. The molecule has 2 aliphatic rings. The second kappa shape index (κ2) is 16.6. The summed E-state index contributed by atoms with van der Waals surface area (Å²) in [5.41, 5.74) is 1.11. The van der Waals surface area contributed by atoms with Crippen LogP contribution in [0.5, 0.6) is 5.75 Å². The second-order valence-electron chi connectivity index (χ2n) is 12.0. The van der Waals surface area contributed by atoms with Crippen LogP contribution in [0.3, 0.4) is 0 Å². The van der Waals surface area contributed by atoms with E-state index in [0.29, 0.717) is 12.8 Å². The van der Waals surface area contributed by atoms with Crippen LogP contribution in [-0.2, 0) is 14.9 Å². The zero-order valence-corrected chi connectivity index (χ0v) is 27.8. The highest BCUT2D eigenvalue weighted by atomic mass is 32.2. The van der Waals surface area contributed by atoms with Gasteiger partial charge >= 0.3 is 5.97 Å². The molecule has 0 saturated heterocycles. The standard InChI is InChI=1S/C29H43NO5S2.C4H8/c1-7-30-37-35-24-17-22(28(4,5)6)25(16-20(24)3)36-26-23(32)18-29(34-27(26)33,21-10-8-9-11-21)14-12-19(2)13-15-31;1-3-4-2/h13,15-17,19,21,30-32H,7-12,14,18H2,1-6H3;3-4H,1-2H3/b15-13+;4-3-. The Morgan fingerprint density at radius 1 is 1.22 bits per heavy atom. The molecule has 6 nitrogen and oxygen atoms in total. The van der Waals surface area contributed by atoms with Crippen molar-refractivity contribution >= 4 is 30.0 Å². The molecule has 2 unspecified atom stereocenters. The van der Waals surface area contributed by atoms with Gasteiger partial charge in [-0.15, -0.1) is 0 Å². The molecular weight excluding hydrogens is 554 g/mol. The van der Waals surface area contributed by atoms with Gasteiger partial charge in [0.2, 0.25) is 0 Å². The highest BCUT2D eigenvalue weighted by Gasteiger charge is 2.48. The minimum Gasteiger partial charge on any atom is -0.516 e. The van der Waals surface area contributed by atoms with Crippen LogP contribution in [0.4, 0.5) is 0 Å². The summed E-state index contributed by atoms with van der Waals surface area (Å²) in [6.45, 7) is 17.2. The molecule has 0 spiro atoms. The summed E-state index contributed by atoms with van der Waals surface area (Å²) >= 11 is 2.50. The van der Waals surface area contributed by atoms with Crippen LogP contribution in [0.2, 0.25) is 0 Å². The lowest BCUT2D eigenvalue weighted by Gasteiger charge is -2.42. The average Bonchev–Trinajstić information content (AvgIpc) is 3.46. The van der Waals surface area contributed by atoms with Gasteiger partial charge in [0.05, 0.1) is 6.26 Å². The molecule has 1 aromatic carbocycles. The minimum absolute atomic E-state index is 0.124. The number of aliphatic hydroxyl groups excluding tert-OH is 2. The lowest BCUT2D eigenvalue weighted by molar-refractivity contribution is -0.166. The third-order valence-corrected chi connectivity index (χ3v) is 9.55. The number of allylic oxidation sites excluding steroid dienone is 3. The Labute approximate surface area is 256 Å². The largest absolute Gasteiger partial charge is 0.516 e. The smallest absolute Gasteiger partial charge is 0.349 e. The van der Waals surface area contributed by atoms with Gasteiger partial charge in [0.1, 0.15) is 34.2 Å². The summed E-state index contributed by atoms with van der Waals surface area (Å²) in [6.07, 6.45) is 12.9. The molecule has 0 bridgehead atoms. The van der Waals surface area contributed by atoms with Crippen LogP contribution in [0.15, 0.2) is 52.2 Å². The van der Waals surface area contributed by atoms with Gasteiger partial charge < -0.3 is 19.1 Å². The van der Waals surface area contributed by atoms with Crippen molar-refractivity contribution in [2.45, 2.75) is 116 Å². The molecule has 230 valence electrons. The molecule has 1 fully saturated rings. The molecule has 1 aromatic rings. The number of hydrogen-bond acceptors (Lipinski definition) is 8. The first kappa shape index (κ1) is 35.2. The summed E-state index contributed by atoms with van der Waals surface area (Å²) in [5.74, 6) is 0.864. The van der Waals surface area contributed by atoms with Crippen LogP contribution < -0.4 is 8.91 Å². The quantitative estimate of drug-likeness (QED) is 0.0574. The molecular formula is C33H51NO5S2. The van der Waals surface area contributed by atoms with Gasteiger partial charge in [0.25, 0.3) is 0 Å². The van der Waals surface area contributed by atoms with Gasteiger partial charge in [0, 0.05) is 17.9 Å². The first-order valence-corrected chi connectivity index (χ1v) is 16.4. The van der Waals surface area contributed by atoms with Gasteiger partial charge in [-0.25, -0.2) is 9.52 Å². The number of cyclic esters (lactones) is 1. The number of aliphatic hydroxyl groups is 2. The Kier molecular flexibility index (Phi) is 14.2. The molecule has 1 aliphatic carbocycles. The van der Waals surface area contributed by atoms with Crippen molar-refractivity contribution in [3.63, 3.8) is 0 Å². The van der Waals surface area contributed by atoms with Crippen molar-refractivity contribution in [1.82, 2.24) is 4.72 Å². The maximum Gasteiger partial charge on any atom is 0.349 e. The van der Waals surface area contributed by atoms with Crippen molar-refractivity contribution in [1.29, 1.82) is 0 Å². The topological polar surface area (TPSA) is 88.0 Å². The Hall–Kier alpha value is -2.03. The third kappa shape index (κ3) is 10.0. The fourth-order valence-corrected chi connectivity index (χ4v) is 6.94. The Balaban J connectivity index is 0.00000138. The van der Waals surface area contributed by atoms with E-state index in [1.165, 1.54) is 24.0 Å². The molecule has 1 heterocycles. The first-order chi connectivity index (χ1) is 19.4. The number of thioether (sulfide) groups is 1. The second-order valence-corrected chi connectivity index (χ2v) is 13.7. The summed E-state index contributed by atoms with van der Waals surface area (Å²) in [6, 6.07) is 4.06. The Bertz CT molecular complexity index is 1080. The third-order valence-electron chi connectivity index (χ3n) is 7.71. The lowest BCUT2D eigenvalue weighted by Crippen LogP contribution is -2.45. The fourth-order valence-electron chi connectivity index (χ4n) is 5.25. The summed E-state index contributed by atoms with van der Waals surface area (Å²) in [7, 11) is 0. The Morgan fingerprint density at radius 3 is 2.41 bits per heavy atom. The number of rotatable bonds is 11. The van der Waals surface area contributed by atoms with Crippen molar-refractivity contribution in [3.8, 4) is 5.75 Å². The normalized spacial score (nSPS) is 20.8. The van der Waals surface area contributed by atoms with E-state index in [4.69, 9.17) is 14.0 Å². The van der Waals surface area contributed by atoms with Gasteiger partial charge in [-0.05, 0) is 93.0 Å². The molecule has 0 amide bonds. The maximum atomic E-state index is 13.5. The van der Waals surface area contributed by atoms with E-state index in [1.807, 2.05) is 58.9 Å². The predicted molar refractivity (Wildman–Crippen MR) is 173 cm³/mol. The van der Waals surface area contributed by atoms with E-state index in [2.05, 4.69) is 25.5 Å². The molecule has 1 saturated carbocycles. The average molecular weight is 606 g/mol. The number of aryl methyl sites for hydroxylation is 1. The van der Waals surface area contributed by atoms with Gasteiger partial charge in [-0.1, -0.05) is 71.4 Å². The highest BCUT2D eigenvalue weighted by molar-refractivity contribution is 8.04. The number of benzene rings is 1. The number of carbonyl (C=O) groups excluding carboxylic acids is 1. The van der Waals surface area contributed by atoms with E-state index in [9.17, 15) is 9.90 Å². The van der Waals surface area contributed by atoms with E-state index in [0.717, 1.165) is 66.7 Å². The molecule has 41 heavy (non-hydrogen) atoms. The number of ether oxygens (including phenoxy) is 1. The molecule has 3 rings (SSSR count). The van der Waals surface area contributed by atoms with Crippen LogP contribution in [0.25, 0.3) is 0 Å². The van der Waals surface area contributed by atoms with Crippen LogP contribution in [0.1, 0.15) is 105 Å². The highest BCUT2D eigenvalue weighted by Crippen LogP contribution is 2.49. The summed E-state index contributed by atoms with van der Waals surface area (Å²) < 4.78 is 15.3. The first-order valence-electron chi connectivity index (χ1n) is 14.8.